The number of ether oxygens (including phenoxy) is 1. The van der Waals surface area contributed by atoms with Gasteiger partial charge in [0.05, 0.1) is 5.02 Å². The zero-order chi connectivity index (χ0) is 12.3. The number of halogens is 2. The summed E-state index contributed by atoms with van der Waals surface area (Å²) in [7, 11) is 0. The highest BCUT2D eigenvalue weighted by Gasteiger charge is 2.04. The van der Waals surface area contributed by atoms with Crippen LogP contribution in [0.3, 0.4) is 0 Å². The van der Waals surface area contributed by atoms with Crippen LogP contribution in [0.15, 0.2) is 36.4 Å². The fourth-order valence-electron chi connectivity index (χ4n) is 1.21. The molecule has 2 aromatic rings. The molecule has 0 atom stereocenters. The van der Waals surface area contributed by atoms with Crippen molar-refractivity contribution in [1.82, 2.24) is 4.98 Å². The Bertz CT molecular complexity index is 536. The van der Waals surface area contributed by atoms with Crippen molar-refractivity contribution in [3.05, 3.63) is 47.2 Å². The molecule has 0 saturated carbocycles. The van der Waals surface area contributed by atoms with Crippen molar-refractivity contribution in [2.45, 2.75) is 0 Å². The van der Waals surface area contributed by atoms with Crippen molar-refractivity contribution in [2.75, 3.05) is 5.43 Å². The second-order valence-corrected chi connectivity index (χ2v) is 3.59. The molecule has 0 aliphatic carbocycles. The van der Waals surface area contributed by atoms with Gasteiger partial charge in [0, 0.05) is 12.1 Å². The van der Waals surface area contributed by atoms with Crippen molar-refractivity contribution in [1.29, 1.82) is 0 Å². The first-order valence-corrected chi connectivity index (χ1v) is 5.13. The van der Waals surface area contributed by atoms with Crippen LogP contribution in [0, 0.1) is 5.82 Å². The fourth-order valence-corrected chi connectivity index (χ4v) is 1.38. The minimum absolute atomic E-state index is 0.00407. The second-order valence-electron chi connectivity index (χ2n) is 3.18. The molecule has 4 nitrogen and oxygen atoms in total. The van der Waals surface area contributed by atoms with Crippen LogP contribution in [-0.2, 0) is 0 Å². The molecular formula is C11H9ClFN3O. The van der Waals surface area contributed by atoms with Gasteiger partial charge >= 0.3 is 0 Å². The maximum atomic E-state index is 12.9. The zero-order valence-corrected chi connectivity index (χ0v) is 9.41. The van der Waals surface area contributed by atoms with Gasteiger partial charge in [-0.25, -0.2) is 10.2 Å². The average molecular weight is 254 g/mol. The van der Waals surface area contributed by atoms with E-state index in [9.17, 15) is 4.39 Å². The maximum Gasteiger partial charge on any atom is 0.221 e. The number of pyridine rings is 1. The third-order valence-electron chi connectivity index (χ3n) is 1.98. The highest BCUT2D eigenvalue weighted by atomic mass is 35.5. The first kappa shape index (κ1) is 11.6. The van der Waals surface area contributed by atoms with Crippen LogP contribution in [0.25, 0.3) is 0 Å². The van der Waals surface area contributed by atoms with E-state index in [-0.39, 0.29) is 5.02 Å². The molecule has 1 aromatic heterocycles. The number of rotatable bonds is 3. The molecule has 0 radical (unpaired) electrons. The molecular weight excluding hydrogens is 245 g/mol. The average Bonchev–Trinajstić information content (AvgIpc) is 2.34. The quantitative estimate of drug-likeness (QED) is 0.652. The van der Waals surface area contributed by atoms with Crippen LogP contribution >= 0.6 is 11.6 Å². The van der Waals surface area contributed by atoms with Gasteiger partial charge in [-0.3, -0.25) is 0 Å². The van der Waals surface area contributed by atoms with Gasteiger partial charge in [0.1, 0.15) is 17.4 Å². The van der Waals surface area contributed by atoms with Crippen LogP contribution in [0.4, 0.5) is 10.2 Å². The number of hydrogen-bond donors (Lipinski definition) is 2. The lowest BCUT2D eigenvalue weighted by atomic mass is 10.3. The number of anilines is 1. The molecule has 17 heavy (non-hydrogen) atoms. The first-order valence-electron chi connectivity index (χ1n) is 4.75. The Morgan fingerprint density at radius 2 is 2.12 bits per heavy atom. The van der Waals surface area contributed by atoms with E-state index in [0.717, 1.165) is 0 Å². The summed E-state index contributed by atoms with van der Waals surface area (Å²) in [6.45, 7) is 0. The molecule has 0 aliphatic heterocycles. The molecule has 0 bridgehead atoms. The Balaban J connectivity index is 2.22. The van der Waals surface area contributed by atoms with Crippen LogP contribution in [-0.4, -0.2) is 4.98 Å². The molecule has 0 unspecified atom stereocenters. The molecule has 1 heterocycles. The number of nitrogens with zero attached hydrogens (tertiary/aromatic N) is 1. The van der Waals surface area contributed by atoms with Crippen LogP contribution < -0.4 is 16.0 Å². The van der Waals surface area contributed by atoms with E-state index < -0.39 is 5.82 Å². The van der Waals surface area contributed by atoms with Crippen LogP contribution in [0.5, 0.6) is 11.6 Å². The van der Waals surface area contributed by atoms with Gasteiger partial charge in [-0.1, -0.05) is 17.7 Å². The van der Waals surface area contributed by atoms with Crippen molar-refractivity contribution in [3.63, 3.8) is 0 Å². The van der Waals surface area contributed by atoms with E-state index in [4.69, 9.17) is 22.2 Å². The summed E-state index contributed by atoms with van der Waals surface area (Å²) in [5.41, 5.74) is 2.40. The Morgan fingerprint density at radius 3 is 2.82 bits per heavy atom. The van der Waals surface area contributed by atoms with E-state index in [0.29, 0.717) is 17.4 Å². The number of benzene rings is 1. The van der Waals surface area contributed by atoms with Crippen molar-refractivity contribution in [3.8, 4) is 11.6 Å². The topological polar surface area (TPSA) is 60.2 Å². The highest BCUT2D eigenvalue weighted by molar-refractivity contribution is 6.30. The SMILES string of the molecule is NNc1cccc(Oc2ccc(F)c(Cl)c2)n1. The lowest BCUT2D eigenvalue weighted by Crippen LogP contribution is -2.08. The smallest absolute Gasteiger partial charge is 0.221 e. The van der Waals surface area contributed by atoms with Gasteiger partial charge in [0.2, 0.25) is 5.88 Å². The Kier molecular flexibility index (Phi) is 3.41. The number of aromatic nitrogens is 1. The van der Waals surface area contributed by atoms with E-state index in [1.807, 2.05) is 0 Å². The minimum Gasteiger partial charge on any atom is -0.439 e. The van der Waals surface area contributed by atoms with Crippen LogP contribution in [0.2, 0.25) is 5.02 Å². The monoisotopic (exact) mass is 253 g/mol. The normalized spacial score (nSPS) is 10.1. The number of hydrazine groups is 1. The standard InChI is InChI=1S/C11H9ClFN3O/c12-8-6-7(4-5-9(8)13)17-11-3-1-2-10(15-11)16-14/h1-6H,14H2,(H,15,16). The summed E-state index contributed by atoms with van der Waals surface area (Å²) >= 11 is 5.63. The molecule has 0 fully saturated rings. The van der Waals surface area contributed by atoms with E-state index >= 15 is 0 Å². The molecule has 0 amide bonds. The summed E-state index contributed by atoms with van der Waals surface area (Å²) in [5.74, 6) is 5.93. The third kappa shape index (κ3) is 2.83. The van der Waals surface area contributed by atoms with Gasteiger partial charge in [0.15, 0.2) is 0 Å². The predicted molar refractivity (Wildman–Crippen MR) is 63.5 cm³/mol. The van der Waals surface area contributed by atoms with E-state index in [1.54, 1.807) is 18.2 Å². The number of hydrogen-bond acceptors (Lipinski definition) is 4. The number of nitrogen functional groups attached to an aromatic ring is 1. The summed E-state index contributed by atoms with van der Waals surface area (Å²) in [6.07, 6.45) is 0. The summed E-state index contributed by atoms with van der Waals surface area (Å²) in [4.78, 5) is 4.04. The third-order valence-corrected chi connectivity index (χ3v) is 2.27. The van der Waals surface area contributed by atoms with Crippen molar-refractivity contribution < 1.29 is 9.13 Å². The molecule has 0 saturated heterocycles. The van der Waals surface area contributed by atoms with Crippen molar-refractivity contribution >= 4 is 17.4 Å². The molecule has 3 N–H and O–H groups in total. The van der Waals surface area contributed by atoms with Gasteiger partial charge in [-0.05, 0) is 18.2 Å². The van der Waals surface area contributed by atoms with Crippen LogP contribution in [0.1, 0.15) is 0 Å². The van der Waals surface area contributed by atoms with Gasteiger partial charge in [-0.2, -0.15) is 4.98 Å². The molecule has 2 rings (SSSR count). The Labute approximate surface area is 102 Å². The fraction of sp³-hybridized carbons (Fsp3) is 0. The number of nitrogens with two attached hydrogens (primary N) is 1. The van der Waals surface area contributed by atoms with Crippen molar-refractivity contribution in [2.24, 2.45) is 5.84 Å². The predicted octanol–water partition coefficient (Wildman–Crippen LogP) is 2.95. The summed E-state index contributed by atoms with van der Waals surface area (Å²) < 4.78 is 18.3. The zero-order valence-electron chi connectivity index (χ0n) is 8.65. The second kappa shape index (κ2) is 4.99. The van der Waals surface area contributed by atoms with E-state index in [1.165, 1.54) is 18.2 Å². The Morgan fingerprint density at radius 1 is 1.29 bits per heavy atom. The molecule has 0 spiro atoms. The van der Waals surface area contributed by atoms with E-state index in [2.05, 4.69) is 10.4 Å². The molecule has 6 heteroatoms. The lowest BCUT2D eigenvalue weighted by molar-refractivity contribution is 0.462. The summed E-state index contributed by atoms with van der Waals surface area (Å²) in [6, 6.07) is 9.13. The maximum absolute atomic E-state index is 12.9. The van der Waals surface area contributed by atoms with Gasteiger partial charge in [-0.15, -0.1) is 0 Å². The largest absolute Gasteiger partial charge is 0.439 e. The van der Waals surface area contributed by atoms with Gasteiger partial charge in [0.25, 0.3) is 0 Å². The molecule has 1 aromatic carbocycles. The Hall–Kier alpha value is -1.85. The summed E-state index contributed by atoms with van der Waals surface area (Å²) in [5, 5.41) is -0.00407. The lowest BCUT2D eigenvalue weighted by Gasteiger charge is -2.06. The molecule has 88 valence electrons. The number of nitrogens with one attached hydrogen (secondary N) is 1. The van der Waals surface area contributed by atoms with Gasteiger partial charge < -0.3 is 10.2 Å². The minimum atomic E-state index is -0.496. The first-order chi connectivity index (χ1) is 8.19. The molecule has 0 aliphatic rings. The highest BCUT2D eigenvalue weighted by Crippen LogP contribution is 2.25.